The van der Waals surface area contributed by atoms with Gasteiger partial charge < -0.3 is 0 Å². The molecule has 3 nitrogen and oxygen atoms in total. The second-order valence-corrected chi connectivity index (χ2v) is 4.97. The molecule has 2 heterocycles. The number of fused-ring (bicyclic) bond motifs is 3. The predicted molar refractivity (Wildman–Crippen MR) is 78.5 cm³/mol. The molecule has 3 aromatic rings. The summed E-state index contributed by atoms with van der Waals surface area (Å²) in [5.41, 5.74) is 4.68. The lowest BCUT2D eigenvalue weighted by Gasteiger charge is -2.07. The molecule has 2 aromatic heterocycles. The van der Waals surface area contributed by atoms with E-state index in [-0.39, 0.29) is 0 Å². The summed E-state index contributed by atoms with van der Waals surface area (Å²) < 4.78 is 2.21. The molecule has 0 bridgehead atoms. The van der Waals surface area contributed by atoms with Crippen molar-refractivity contribution >= 4 is 16.8 Å². The maximum atomic E-state index is 4.70. The molecular weight excluding hydrogens is 234 g/mol. The number of imidazole rings is 1. The van der Waals surface area contributed by atoms with E-state index in [0.717, 1.165) is 48.2 Å². The Morgan fingerprint density at radius 3 is 2.58 bits per heavy atom. The van der Waals surface area contributed by atoms with E-state index >= 15 is 0 Å². The number of hydrogen-bond donors (Lipinski definition) is 0. The highest BCUT2D eigenvalue weighted by Gasteiger charge is 2.10. The van der Waals surface area contributed by atoms with Crippen LogP contribution in [0, 0.1) is 0 Å². The minimum absolute atomic E-state index is 0.843. The summed E-state index contributed by atoms with van der Waals surface area (Å²) in [5, 5.41) is 0. The van der Waals surface area contributed by atoms with E-state index in [0.29, 0.717) is 0 Å². The van der Waals surface area contributed by atoms with Crippen LogP contribution in [0.4, 0.5) is 0 Å². The van der Waals surface area contributed by atoms with Crippen LogP contribution in [0.2, 0.25) is 0 Å². The maximum absolute atomic E-state index is 4.70. The predicted octanol–water partition coefficient (Wildman–Crippen LogP) is 3.79. The third-order valence-electron chi connectivity index (χ3n) is 3.42. The quantitative estimate of drug-likeness (QED) is 0.708. The van der Waals surface area contributed by atoms with Gasteiger partial charge in [-0.2, -0.15) is 0 Å². The monoisotopic (exact) mass is 253 g/mol. The Morgan fingerprint density at radius 1 is 1.00 bits per heavy atom. The number of aromatic nitrogens is 3. The van der Waals surface area contributed by atoms with Gasteiger partial charge in [0.05, 0.1) is 11.0 Å². The molecule has 0 aliphatic carbocycles. The molecule has 0 saturated heterocycles. The van der Waals surface area contributed by atoms with Crippen molar-refractivity contribution in [1.82, 2.24) is 14.4 Å². The van der Waals surface area contributed by atoms with E-state index in [9.17, 15) is 0 Å². The first-order valence-corrected chi connectivity index (χ1v) is 7.09. The van der Waals surface area contributed by atoms with Crippen LogP contribution in [0.25, 0.3) is 16.8 Å². The third kappa shape index (κ3) is 2.09. The Kier molecular flexibility index (Phi) is 3.20. The number of benzene rings is 1. The number of hydrogen-bond acceptors (Lipinski definition) is 2. The SMILES string of the molecule is CCCc1cc(CCC)n2c(n1)nc1ccccc12. The Balaban J connectivity index is 2.31. The van der Waals surface area contributed by atoms with Crippen molar-refractivity contribution in [2.75, 3.05) is 0 Å². The topological polar surface area (TPSA) is 30.2 Å². The van der Waals surface area contributed by atoms with Gasteiger partial charge in [-0.15, -0.1) is 0 Å². The van der Waals surface area contributed by atoms with E-state index in [1.165, 1.54) is 5.69 Å². The summed E-state index contributed by atoms with van der Waals surface area (Å²) in [6.45, 7) is 4.40. The van der Waals surface area contributed by atoms with E-state index in [1.54, 1.807) is 0 Å². The second kappa shape index (κ2) is 5.00. The van der Waals surface area contributed by atoms with Crippen molar-refractivity contribution in [1.29, 1.82) is 0 Å². The van der Waals surface area contributed by atoms with Crippen LogP contribution in [0.3, 0.4) is 0 Å². The van der Waals surface area contributed by atoms with Crippen LogP contribution in [-0.2, 0) is 12.8 Å². The van der Waals surface area contributed by atoms with E-state index in [2.05, 4.69) is 47.5 Å². The van der Waals surface area contributed by atoms with E-state index < -0.39 is 0 Å². The number of nitrogens with zero attached hydrogens (tertiary/aromatic N) is 3. The lowest BCUT2D eigenvalue weighted by Crippen LogP contribution is -2.02. The molecule has 0 N–H and O–H groups in total. The molecule has 1 aromatic carbocycles. The van der Waals surface area contributed by atoms with Crippen LogP contribution in [0.1, 0.15) is 38.1 Å². The summed E-state index contributed by atoms with van der Waals surface area (Å²) in [7, 11) is 0. The Morgan fingerprint density at radius 2 is 1.79 bits per heavy atom. The molecule has 3 rings (SSSR count). The molecule has 0 aliphatic heterocycles. The molecule has 0 spiro atoms. The molecule has 0 amide bonds. The standard InChI is InChI=1S/C16H19N3/c1-3-7-12-11-13(8-4-2)19-15-10-6-5-9-14(15)18-16(19)17-12/h5-6,9-11H,3-4,7-8H2,1-2H3. The minimum Gasteiger partial charge on any atom is -0.281 e. The van der Waals surface area contributed by atoms with Gasteiger partial charge in [0.15, 0.2) is 0 Å². The molecular formula is C16H19N3. The van der Waals surface area contributed by atoms with Crippen molar-refractivity contribution in [2.24, 2.45) is 0 Å². The summed E-state index contributed by atoms with van der Waals surface area (Å²) in [6.07, 6.45) is 4.35. The van der Waals surface area contributed by atoms with Gasteiger partial charge in [-0.25, -0.2) is 9.97 Å². The smallest absolute Gasteiger partial charge is 0.235 e. The molecule has 0 saturated carbocycles. The molecule has 0 atom stereocenters. The first-order chi connectivity index (χ1) is 9.33. The highest BCUT2D eigenvalue weighted by molar-refractivity contribution is 5.79. The summed E-state index contributed by atoms with van der Waals surface area (Å²) in [5.74, 6) is 0.843. The normalized spacial score (nSPS) is 11.5. The Bertz CT molecular complexity index is 712. The fourth-order valence-corrected chi connectivity index (χ4v) is 2.61. The van der Waals surface area contributed by atoms with Gasteiger partial charge in [-0.05, 0) is 31.0 Å². The van der Waals surface area contributed by atoms with Crippen molar-refractivity contribution in [3.8, 4) is 0 Å². The zero-order valence-electron chi connectivity index (χ0n) is 11.6. The molecule has 0 radical (unpaired) electrons. The molecule has 0 fully saturated rings. The number of aryl methyl sites for hydroxylation is 2. The highest BCUT2D eigenvalue weighted by atomic mass is 15.1. The zero-order chi connectivity index (χ0) is 13.2. The lowest BCUT2D eigenvalue weighted by molar-refractivity contribution is 0.825. The summed E-state index contributed by atoms with van der Waals surface area (Å²) in [4.78, 5) is 9.35. The average molecular weight is 253 g/mol. The van der Waals surface area contributed by atoms with Gasteiger partial charge in [0.1, 0.15) is 0 Å². The van der Waals surface area contributed by atoms with Crippen LogP contribution in [-0.4, -0.2) is 14.4 Å². The fourth-order valence-electron chi connectivity index (χ4n) is 2.61. The fraction of sp³-hybridized carbons (Fsp3) is 0.375. The van der Waals surface area contributed by atoms with Crippen LogP contribution >= 0.6 is 0 Å². The van der Waals surface area contributed by atoms with Gasteiger partial charge in [0.2, 0.25) is 5.78 Å². The van der Waals surface area contributed by atoms with Gasteiger partial charge in [0.25, 0.3) is 0 Å². The average Bonchev–Trinajstić information content (AvgIpc) is 2.77. The van der Waals surface area contributed by atoms with Crippen LogP contribution in [0.15, 0.2) is 30.3 Å². The summed E-state index contributed by atoms with van der Waals surface area (Å²) >= 11 is 0. The molecule has 19 heavy (non-hydrogen) atoms. The van der Waals surface area contributed by atoms with Crippen LogP contribution < -0.4 is 0 Å². The summed E-state index contributed by atoms with van der Waals surface area (Å²) in [6, 6.07) is 10.5. The molecule has 98 valence electrons. The molecule has 0 unspecified atom stereocenters. The maximum Gasteiger partial charge on any atom is 0.235 e. The first kappa shape index (κ1) is 12.2. The lowest BCUT2D eigenvalue weighted by atomic mass is 10.1. The Labute approximate surface area is 113 Å². The molecule has 0 aliphatic rings. The van der Waals surface area contributed by atoms with Crippen molar-refractivity contribution < 1.29 is 0 Å². The van der Waals surface area contributed by atoms with Crippen molar-refractivity contribution in [2.45, 2.75) is 39.5 Å². The van der Waals surface area contributed by atoms with Crippen LogP contribution in [0.5, 0.6) is 0 Å². The highest BCUT2D eigenvalue weighted by Crippen LogP contribution is 2.19. The first-order valence-electron chi connectivity index (χ1n) is 7.09. The molecule has 3 heteroatoms. The van der Waals surface area contributed by atoms with Gasteiger partial charge in [-0.1, -0.05) is 38.8 Å². The zero-order valence-corrected chi connectivity index (χ0v) is 11.6. The van der Waals surface area contributed by atoms with Gasteiger partial charge >= 0.3 is 0 Å². The van der Waals surface area contributed by atoms with Gasteiger partial charge in [0, 0.05) is 11.4 Å². The van der Waals surface area contributed by atoms with Crippen molar-refractivity contribution in [3.05, 3.63) is 41.7 Å². The largest absolute Gasteiger partial charge is 0.281 e. The minimum atomic E-state index is 0.843. The third-order valence-corrected chi connectivity index (χ3v) is 3.42. The Hall–Kier alpha value is -1.90. The number of para-hydroxylation sites is 2. The van der Waals surface area contributed by atoms with Crippen molar-refractivity contribution in [3.63, 3.8) is 0 Å². The number of rotatable bonds is 4. The van der Waals surface area contributed by atoms with Gasteiger partial charge in [-0.3, -0.25) is 4.40 Å². The van der Waals surface area contributed by atoms with E-state index in [1.807, 2.05) is 6.07 Å². The van der Waals surface area contributed by atoms with E-state index in [4.69, 9.17) is 4.98 Å². The second-order valence-electron chi connectivity index (χ2n) is 4.97.